The molecule has 0 aliphatic carbocycles. The highest BCUT2D eigenvalue weighted by molar-refractivity contribution is 5.75. The van der Waals surface area contributed by atoms with Gasteiger partial charge in [0.1, 0.15) is 24.4 Å². The second-order valence-corrected chi connectivity index (χ2v) is 6.44. The van der Waals surface area contributed by atoms with Crippen LogP contribution in [-0.2, 0) is 9.53 Å². The zero-order chi connectivity index (χ0) is 19.1. The first kappa shape index (κ1) is 22.2. The van der Waals surface area contributed by atoms with Gasteiger partial charge in [-0.15, -0.1) is 0 Å². The Morgan fingerprint density at radius 2 is 1.68 bits per heavy atom. The van der Waals surface area contributed by atoms with Crippen LogP contribution < -0.4 is 5.32 Å². The van der Waals surface area contributed by atoms with Crippen molar-refractivity contribution in [3.8, 4) is 0 Å². The average molecular weight is 365 g/mol. The lowest BCUT2D eigenvalue weighted by molar-refractivity contribution is -0.231. The van der Waals surface area contributed by atoms with Gasteiger partial charge in [0, 0.05) is 6.42 Å². The molecule has 148 valence electrons. The quantitative estimate of drug-likeness (QED) is 0.239. The maximum Gasteiger partial charge on any atom is 0.220 e. The first-order chi connectivity index (χ1) is 11.8. The van der Waals surface area contributed by atoms with Crippen LogP contribution in [-0.4, -0.2) is 91.9 Å². The van der Waals surface area contributed by atoms with Crippen LogP contribution in [0.3, 0.4) is 0 Å². The number of nitrogens with one attached hydrogen (secondary N) is 1. The Balaban J connectivity index is 2.75. The number of aliphatic hydroxyl groups excluding tert-OH is 6. The molecule has 0 aromatic carbocycles. The van der Waals surface area contributed by atoms with Gasteiger partial charge in [-0.1, -0.05) is 13.8 Å². The molecule has 25 heavy (non-hydrogen) atoms. The van der Waals surface area contributed by atoms with E-state index in [1.54, 1.807) is 13.8 Å². The number of carbonyl (C=O) groups is 1. The number of ether oxygens (including phenoxy) is 1. The van der Waals surface area contributed by atoms with Gasteiger partial charge in [0.25, 0.3) is 0 Å². The minimum Gasteiger partial charge on any atom is -0.394 e. The summed E-state index contributed by atoms with van der Waals surface area (Å²) in [6, 6.07) is -0.755. The highest BCUT2D eigenvalue weighted by Crippen LogP contribution is 2.25. The topological polar surface area (TPSA) is 160 Å². The Morgan fingerprint density at radius 3 is 2.20 bits per heavy atom. The smallest absolute Gasteiger partial charge is 0.220 e. The average Bonchev–Trinajstić information content (AvgIpc) is 2.62. The third-order valence-electron chi connectivity index (χ3n) is 4.65. The number of carbonyl (C=O) groups excluding carboxylic acids is 1. The molecule has 0 spiro atoms. The van der Waals surface area contributed by atoms with Crippen LogP contribution in [0.5, 0.6) is 0 Å². The number of hydrogen-bond acceptors (Lipinski definition) is 8. The Labute approximate surface area is 147 Å². The fraction of sp³-hybridized carbons (Fsp3) is 0.938. The van der Waals surface area contributed by atoms with Crippen LogP contribution in [0, 0.1) is 0 Å². The maximum absolute atomic E-state index is 11.7. The summed E-state index contributed by atoms with van der Waals surface area (Å²) in [6.45, 7) is 2.84. The molecule has 0 radical (unpaired) electrons. The normalized spacial score (nSPS) is 33.5. The van der Waals surface area contributed by atoms with E-state index < -0.39 is 55.4 Å². The van der Waals surface area contributed by atoms with Crippen molar-refractivity contribution in [2.45, 2.75) is 88.3 Å². The van der Waals surface area contributed by atoms with Gasteiger partial charge in [-0.25, -0.2) is 0 Å². The summed E-state index contributed by atoms with van der Waals surface area (Å²) in [5.74, 6) is -0.291. The molecule has 1 amide bonds. The van der Waals surface area contributed by atoms with Gasteiger partial charge in [-0.3, -0.25) is 4.79 Å². The van der Waals surface area contributed by atoms with E-state index in [1.165, 1.54) is 0 Å². The fourth-order valence-corrected chi connectivity index (χ4v) is 2.91. The van der Waals surface area contributed by atoms with Gasteiger partial charge in [0.05, 0.1) is 31.0 Å². The summed E-state index contributed by atoms with van der Waals surface area (Å²) in [4.78, 5) is 11.7. The van der Waals surface area contributed by atoms with Gasteiger partial charge < -0.3 is 40.7 Å². The molecule has 1 rings (SSSR count). The first-order valence-corrected chi connectivity index (χ1v) is 8.72. The minimum absolute atomic E-state index is 0.142. The van der Waals surface area contributed by atoms with E-state index in [2.05, 4.69) is 5.32 Å². The van der Waals surface area contributed by atoms with Crippen LogP contribution >= 0.6 is 0 Å². The number of aliphatic hydroxyl groups is 6. The molecule has 1 aliphatic rings. The molecule has 9 heteroatoms. The van der Waals surface area contributed by atoms with E-state index in [-0.39, 0.29) is 25.2 Å². The summed E-state index contributed by atoms with van der Waals surface area (Å²) in [7, 11) is 0. The van der Waals surface area contributed by atoms with E-state index in [0.29, 0.717) is 6.42 Å². The third-order valence-corrected chi connectivity index (χ3v) is 4.65. The van der Waals surface area contributed by atoms with Crippen LogP contribution in [0.15, 0.2) is 0 Å². The second kappa shape index (κ2) is 10.4. The maximum atomic E-state index is 11.7. The van der Waals surface area contributed by atoms with E-state index in [9.17, 15) is 35.4 Å². The predicted molar refractivity (Wildman–Crippen MR) is 87.5 cm³/mol. The molecule has 7 N–H and O–H groups in total. The summed E-state index contributed by atoms with van der Waals surface area (Å²) in [5.41, 5.74) is 0. The van der Waals surface area contributed by atoms with Crippen molar-refractivity contribution in [2.75, 3.05) is 6.61 Å². The van der Waals surface area contributed by atoms with Crippen LogP contribution in [0.4, 0.5) is 0 Å². The SMILES string of the molecule is CCC(=O)N[C@@H](CC[C@H]1OC(CO)[C@H](O)C(O)C1O)[C@H](O)[C@H](O)CC. The monoisotopic (exact) mass is 365 g/mol. The molecule has 1 fully saturated rings. The van der Waals surface area contributed by atoms with E-state index in [4.69, 9.17) is 4.74 Å². The Kier molecular flexibility index (Phi) is 9.22. The van der Waals surface area contributed by atoms with Crippen molar-refractivity contribution in [3.05, 3.63) is 0 Å². The molecule has 0 bridgehead atoms. The third kappa shape index (κ3) is 5.85. The second-order valence-electron chi connectivity index (χ2n) is 6.44. The largest absolute Gasteiger partial charge is 0.394 e. The van der Waals surface area contributed by atoms with Crippen molar-refractivity contribution >= 4 is 5.91 Å². The summed E-state index contributed by atoms with van der Waals surface area (Å²) in [6.07, 6.45) is -7.52. The predicted octanol–water partition coefficient (Wildman–Crippen LogP) is -2.36. The molecule has 0 aromatic heterocycles. The van der Waals surface area contributed by atoms with Crippen molar-refractivity contribution in [1.29, 1.82) is 0 Å². The lowest BCUT2D eigenvalue weighted by atomic mass is 9.90. The summed E-state index contributed by atoms with van der Waals surface area (Å²) < 4.78 is 5.41. The van der Waals surface area contributed by atoms with Crippen molar-refractivity contribution in [1.82, 2.24) is 5.32 Å². The minimum atomic E-state index is -1.47. The molecule has 0 aromatic rings. The van der Waals surface area contributed by atoms with Crippen molar-refractivity contribution in [3.63, 3.8) is 0 Å². The number of amides is 1. The van der Waals surface area contributed by atoms with Gasteiger partial charge in [0.2, 0.25) is 5.91 Å². The van der Waals surface area contributed by atoms with Gasteiger partial charge >= 0.3 is 0 Å². The Bertz CT molecular complexity index is 408. The summed E-state index contributed by atoms with van der Waals surface area (Å²) in [5, 5.41) is 61.5. The molecule has 3 unspecified atom stereocenters. The van der Waals surface area contributed by atoms with E-state index in [0.717, 1.165) is 0 Å². The van der Waals surface area contributed by atoms with E-state index >= 15 is 0 Å². The molecular formula is C16H31NO8. The number of hydrogen-bond donors (Lipinski definition) is 7. The van der Waals surface area contributed by atoms with Gasteiger partial charge in [0.15, 0.2) is 0 Å². The molecule has 9 nitrogen and oxygen atoms in total. The zero-order valence-corrected chi connectivity index (χ0v) is 14.7. The van der Waals surface area contributed by atoms with Gasteiger partial charge in [-0.2, -0.15) is 0 Å². The van der Waals surface area contributed by atoms with Gasteiger partial charge in [-0.05, 0) is 19.3 Å². The Hall–Kier alpha value is -0.810. The van der Waals surface area contributed by atoms with E-state index in [1.807, 2.05) is 0 Å². The van der Waals surface area contributed by atoms with Crippen molar-refractivity contribution in [2.24, 2.45) is 0 Å². The highest BCUT2D eigenvalue weighted by atomic mass is 16.5. The lowest BCUT2D eigenvalue weighted by Gasteiger charge is -2.40. The van der Waals surface area contributed by atoms with Crippen LogP contribution in [0.1, 0.15) is 39.5 Å². The first-order valence-electron chi connectivity index (χ1n) is 8.72. The standard InChI is InChI=1S/C16H31NO8/c1-3-9(19)13(21)8(17-12(20)4-2)5-6-10-14(22)16(24)15(23)11(7-18)25-10/h8-11,13-16,18-19,21-24H,3-7H2,1-2H3,(H,17,20)/t8-,9+,10+,11?,13-,14?,15-,16?/m0/s1. The van der Waals surface area contributed by atoms with Crippen LogP contribution in [0.25, 0.3) is 0 Å². The summed E-state index contributed by atoms with van der Waals surface area (Å²) >= 11 is 0. The molecule has 0 saturated carbocycles. The molecule has 1 heterocycles. The Morgan fingerprint density at radius 1 is 1.08 bits per heavy atom. The molecule has 1 saturated heterocycles. The molecule has 1 aliphatic heterocycles. The van der Waals surface area contributed by atoms with Crippen molar-refractivity contribution < 1.29 is 40.2 Å². The fourth-order valence-electron chi connectivity index (χ4n) is 2.91. The molecular weight excluding hydrogens is 334 g/mol. The zero-order valence-electron chi connectivity index (χ0n) is 14.7. The highest BCUT2D eigenvalue weighted by Gasteiger charge is 2.43. The lowest BCUT2D eigenvalue weighted by Crippen LogP contribution is -2.59. The molecule has 8 atom stereocenters. The number of rotatable bonds is 9. The van der Waals surface area contributed by atoms with Crippen LogP contribution in [0.2, 0.25) is 0 Å².